The number of ether oxygens (including phenoxy) is 3. The van der Waals surface area contributed by atoms with Gasteiger partial charge in [-0.25, -0.2) is 4.79 Å². The maximum Gasteiger partial charge on any atom is 0.341 e. The first kappa shape index (κ1) is 12.4. The van der Waals surface area contributed by atoms with Gasteiger partial charge >= 0.3 is 5.97 Å². The molecule has 6 heteroatoms. The Morgan fingerprint density at radius 1 is 1.31 bits per heavy atom. The molecule has 0 aliphatic carbocycles. The molecule has 0 amide bonds. The predicted octanol–water partition coefficient (Wildman–Crippen LogP) is 1.25. The van der Waals surface area contributed by atoms with Crippen LogP contribution in [0, 0.1) is 0 Å². The van der Waals surface area contributed by atoms with Crippen LogP contribution in [0.5, 0.6) is 11.5 Å². The van der Waals surface area contributed by atoms with E-state index in [1.807, 2.05) is 0 Å². The first-order valence-electron chi connectivity index (χ1n) is 4.50. The number of anilines is 1. The molecule has 0 atom stereocenters. The molecule has 1 aliphatic heterocycles. The van der Waals surface area contributed by atoms with Crippen molar-refractivity contribution in [2.24, 2.45) is 0 Å². The standard InChI is InChI=1S/C10H11NO4.ClH/c1-13-10(12)6-2-3-7(11)9-8(6)14-4-5-15-9;/h2-3H,4-5,11H2,1H3;1H. The average molecular weight is 246 g/mol. The Kier molecular flexibility index (Phi) is 3.84. The molecular formula is C10H12ClNO4. The number of nitrogens with two attached hydrogens (primary N) is 1. The number of benzene rings is 1. The summed E-state index contributed by atoms with van der Waals surface area (Å²) in [6.07, 6.45) is 0. The molecule has 0 radical (unpaired) electrons. The summed E-state index contributed by atoms with van der Waals surface area (Å²) in [5, 5.41) is 0. The molecule has 2 N–H and O–H groups in total. The van der Waals surface area contributed by atoms with Crippen LogP contribution in [0.4, 0.5) is 5.69 Å². The second-order valence-electron chi connectivity index (χ2n) is 3.05. The maximum absolute atomic E-state index is 11.4. The summed E-state index contributed by atoms with van der Waals surface area (Å²) in [6.45, 7) is 0.836. The van der Waals surface area contributed by atoms with Gasteiger partial charge in [0.15, 0.2) is 11.5 Å². The molecule has 2 rings (SSSR count). The quantitative estimate of drug-likeness (QED) is 0.596. The van der Waals surface area contributed by atoms with Gasteiger partial charge in [0.25, 0.3) is 0 Å². The van der Waals surface area contributed by atoms with E-state index in [-0.39, 0.29) is 12.4 Å². The lowest BCUT2D eigenvalue weighted by molar-refractivity contribution is 0.0590. The zero-order valence-corrected chi connectivity index (χ0v) is 9.50. The molecule has 0 unspecified atom stereocenters. The fourth-order valence-electron chi connectivity index (χ4n) is 1.43. The van der Waals surface area contributed by atoms with Crippen LogP contribution in [-0.4, -0.2) is 26.3 Å². The first-order valence-corrected chi connectivity index (χ1v) is 4.50. The number of esters is 1. The Morgan fingerprint density at radius 3 is 2.56 bits per heavy atom. The van der Waals surface area contributed by atoms with Crippen LogP contribution in [0.25, 0.3) is 0 Å². The molecule has 0 fully saturated rings. The molecule has 0 spiro atoms. The number of fused-ring (bicyclic) bond motifs is 1. The van der Waals surface area contributed by atoms with E-state index in [0.717, 1.165) is 0 Å². The van der Waals surface area contributed by atoms with Gasteiger partial charge in [-0.3, -0.25) is 0 Å². The van der Waals surface area contributed by atoms with Crippen molar-refractivity contribution in [1.29, 1.82) is 0 Å². The van der Waals surface area contributed by atoms with Gasteiger partial charge in [0.1, 0.15) is 18.8 Å². The van der Waals surface area contributed by atoms with Gasteiger partial charge in [0.05, 0.1) is 12.8 Å². The van der Waals surface area contributed by atoms with Gasteiger partial charge in [-0.2, -0.15) is 0 Å². The fraction of sp³-hybridized carbons (Fsp3) is 0.300. The molecule has 1 aromatic rings. The molecule has 0 saturated heterocycles. The summed E-state index contributed by atoms with van der Waals surface area (Å²) in [4.78, 5) is 11.4. The molecule has 1 aromatic carbocycles. The van der Waals surface area contributed by atoms with E-state index in [0.29, 0.717) is 36.0 Å². The van der Waals surface area contributed by atoms with Crippen molar-refractivity contribution in [3.8, 4) is 11.5 Å². The second-order valence-corrected chi connectivity index (χ2v) is 3.05. The monoisotopic (exact) mass is 245 g/mol. The maximum atomic E-state index is 11.4. The summed E-state index contributed by atoms with van der Waals surface area (Å²) < 4.78 is 15.3. The highest BCUT2D eigenvalue weighted by atomic mass is 35.5. The molecule has 0 bridgehead atoms. The lowest BCUT2D eigenvalue weighted by Gasteiger charge is -2.21. The number of hydrogen-bond acceptors (Lipinski definition) is 5. The largest absolute Gasteiger partial charge is 0.485 e. The lowest BCUT2D eigenvalue weighted by Crippen LogP contribution is -2.19. The molecule has 0 saturated carbocycles. The molecular weight excluding hydrogens is 234 g/mol. The third-order valence-electron chi connectivity index (χ3n) is 2.12. The molecule has 1 aliphatic rings. The summed E-state index contributed by atoms with van der Waals surface area (Å²) >= 11 is 0. The Morgan fingerprint density at radius 2 is 1.94 bits per heavy atom. The van der Waals surface area contributed by atoms with Gasteiger partial charge in [0.2, 0.25) is 0 Å². The smallest absolute Gasteiger partial charge is 0.341 e. The molecule has 88 valence electrons. The van der Waals surface area contributed by atoms with Crippen molar-refractivity contribution in [2.45, 2.75) is 0 Å². The van der Waals surface area contributed by atoms with Crippen LogP contribution < -0.4 is 15.2 Å². The zero-order chi connectivity index (χ0) is 10.8. The van der Waals surface area contributed by atoms with E-state index >= 15 is 0 Å². The van der Waals surface area contributed by atoms with Gasteiger partial charge in [-0.1, -0.05) is 0 Å². The Balaban J connectivity index is 0.00000128. The number of methoxy groups -OCH3 is 1. The van der Waals surface area contributed by atoms with Crippen LogP contribution in [-0.2, 0) is 4.74 Å². The number of carbonyl (C=O) groups is 1. The summed E-state index contributed by atoms with van der Waals surface area (Å²) in [5.41, 5.74) is 6.49. The third kappa shape index (κ3) is 1.99. The highest BCUT2D eigenvalue weighted by molar-refractivity contribution is 5.94. The predicted molar refractivity (Wildman–Crippen MR) is 60.4 cm³/mol. The summed E-state index contributed by atoms with van der Waals surface area (Å²) in [6, 6.07) is 3.16. The highest BCUT2D eigenvalue weighted by Crippen LogP contribution is 2.39. The van der Waals surface area contributed by atoms with E-state index in [9.17, 15) is 4.79 Å². The zero-order valence-electron chi connectivity index (χ0n) is 8.69. The van der Waals surface area contributed by atoms with Crippen LogP contribution in [0.3, 0.4) is 0 Å². The first-order chi connectivity index (χ1) is 7.24. The van der Waals surface area contributed by atoms with E-state index in [2.05, 4.69) is 4.74 Å². The van der Waals surface area contributed by atoms with Crippen molar-refractivity contribution in [2.75, 3.05) is 26.1 Å². The molecule has 0 aromatic heterocycles. The lowest BCUT2D eigenvalue weighted by atomic mass is 10.1. The average Bonchev–Trinajstić information content (AvgIpc) is 2.29. The minimum Gasteiger partial charge on any atom is -0.485 e. The van der Waals surface area contributed by atoms with E-state index < -0.39 is 5.97 Å². The minimum atomic E-state index is -0.461. The van der Waals surface area contributed by atoms with E-state index in [4.69, 9.17) is 15.2 Å². The number of carbonyl (C=O) groups excluding carboxylic acids is 1. The van der Waals surface area contributed by atoms with E-state index in [1.165, 1.54) is 7.11 Å². The normalized spacial score (nSPS) is 12.6. The second kappa shape index (κ2) is 4.94. The van der Waals surface area contributed by atoms with Crippen molar-refractivity contribution in [1.82, 2.24) is 0 Å². The number of nitrogen functional groups attached to an aromatic ring is 1. The molecule has 16 heavy (non-hydrogen) atoms. The number of hydrogen-bond donors (Lipinski definition) is 1. The third-order valence-corrected chi connectivity index (χ3v) is 2.12. The summed E-state index contributed by atoms with van der Waals surface area (Å²) in [5.74, 6) is 0.328. The van der Waals surface area contributed by atoms with Crippen LogP contribution in [0.2, 0.25) is 0 Å². The van der Waals surface area contributed by atoms with Gasteiger partial charge < -0.3 is 19.9 Å². The van der Waals surface area contributed by atoms with Crippen molar-refractivity contribution in [3.63, 3.8) is 0 Å². The highest BCUT2D eigenvalue weighted by Gasteiger charge is 2.23. The SMILES string of the molecule is COC(=O)c1ccc(N)c2c1OCCO2.Cl. The Hall–Kier alpha value is -1.62. The Bertz CT molecular complexity index is 408. The van der Waals surface area contributed by atoms with Crippen LogP contribution in [0.15, 0.2) is 12.1 Å². The topological polar surface area (TPSA) is 70.8 Å². The van der Waals surface area contributed by atoms with Crippen LogP contribution in [0.1, 0.15) is 10.4 Å². The number of halogens is 1. The van der Waals surface area contributed by atoms with E-state index in [1.54, 1.807) is 12.1 Å². The van der Waals surface area contributed by atoms with Crippen molar-refractivity contribution < 1.29 is 19.0 Å². The van der Waals surface area contributed by atoms with Gasteiger partial charge in [-0.05, 0) is 12.1 Å². The molecule has 1 heterocycles. The van der Waals surface area contributed by atoms with Crippen molar-refractivity contribution in [3.05, 3.63) is 17.7 Å². The summed E-state index contributed by atoms with van der Waals surface area (Å²) in [7, 11) is 1.31. The number of rotatable bonds is 1. The van der Waals surface area contributed by atoms with Gasteiger partial charge in [0, 0.05) is 0 Å². The molecule has 5 nitrogen and oxygen atoms in total. The van der Waals surface area contributed by atoms with Gasteiger partial charge in [-0.15, -0.1) is 12.4 Å². The fourth-order valence-corrected chi connectivity index (χ4v) is 1.43. The Labute approximate surface area is 98.9 Å². The van der Waals surface area contributed by atoms with Crippen LogP contribution >= 0.6 is 12.4 Å². The van der Waals surface area contributed by atoms with Crippen molar-refractivity contribution >= 4 is 24.1 Å². The minimum absolute atomic E-state index is 0.